The molecule has 3 rings (SSSR count). The molecule has 0 radical (unpaired) electrons. The predicted molar refractivity (Wildman–Crippen MR) is 77.0 cm³/mol. The molecular formula is C16H22N2. The van der Waals surface area contributed by atoms with Gasteiger partial charge in [-0.1, -0.05) is 12.1 Å². The van der Waals surface area contributed by atoms with Gasteiger partial charge < -0.3 is 9.88 Å². The standard InChI is InChI=1S/C16H22N2/c1-10-6-7-12-13-8-16(3,4)17-9-14(13)18(5)15(12)11(10)2/h6-7,17H,8-9H2,1-5H3. The first-order valence-electron chi connectivity index (χ1n) is 6.72. The van der Waals surface area contributed by atoms with E-state index in [1.54, 1.807) is 5.56 Å². The van der Waals surface area contributed by atoms with E-state index in [4.69, 9.17) is 0 Å². The maximum absolute atomic E-state index is 3.63. The molecule has 1 aromatic carbocycles. The monoisotopic (exact) mass is 242 g/mol. The van der Waals surface area contributed by atoms with Crippen LogP contribution in [0.1, 0.15) is 36.2 Å². The van der Waals surface area contributed by atoms with Gasteiger partial charge in [-0.05, 0) is 50.8 Å². The van der Waals surface area contributed by atoms with Crippen LogP contribution in [0.3, 0.4) is 0 Å². The fraction of sp³-hybridized carbons (Fsp3) is 0.500. The molecule has 18 heavy (non-hydrogen) atoms. The van der Waals surface area contributed by atoms with Gasteiger partial charge in [0.1, 0.15) is 0 Å². The summed E-state index contributed by atoms with van der Waals surface area (Å²) in [4.78, 5) is 0. The van der Waals surface area contributed by atoms with Crippen molar-refractivity contribution >= 4 is 10.9 Å². The van der Waals surface area contributed by atoms with Gasteiger partial charge in [0, 0.05) is 30.2 Å². The number of rotatable bonds is 0. The molecular weight excluding hydrogens is 220 g/mol. The Morgan fingerprint density at radius 3 is 2.67 bits per heavy atom. The number of aryl methyl sites for hydroxylation is 3. The van der Waals surface area contributed by atoms with E-state index in [0.29, 0.717) is 0 Å². The average Bonchev–Trinajstić information content (AvgIpc) is 2.56. The van der Waals surface area contributed by atoms with E-state index < -0.39 is 0 Å². The molecule has 0 unspecified atom stereocenters. The SMILES string of the molecule is Cc1ccc2c3c(n(C)c2c1C)CNC(C)(C)C3. The normalized spacial score (nSPS) is 18.1. The van der Waals surface area contributed by atoms with E-state index in [-0.39, 0.29) is 5.54 Å². The Balaban J connectivity index is 2.35. The molecule has 0 saturated carbocycles. The molecule has 0 aliphatic carbocycles. The van der Waals surface area contributed by atoms with Gasteiger partial charge in [-0.15, -0.1) is 0 Å². The molecule has 1 aliphatic rings. The maximum atomic E-state index is 3.63. The lowest BCUT2D eigenvalue weighted by molar-refractivity contribution is 0.357. The first kappa shape index (κ1) is 11.8. The molecule has 0 spiro atoms. The number of benzene rings is 1. The number of hydrogen-bond donors (Lipinski definition) is 1. The Morgan fingerprint density at radius 1 is 1.22 bits per heavy atom. The smallest absolute Gasteiger partial charge is 0.0515 e. The van der Waals surface area contributed by atoms with Crippen LogP contribution in [0.2, 0.25) is 0 Å². The van der Waals surface area contributed by atoms with E-state index in [2.05, 4.69) is 56.8 Å². The summed E-state index contributed by atoms with van der Waals surface area (Å²) in [6.45, 7) is 9.99. The lowest BCUT2D eigenvalue weighted by atomic mass is 9.89. The van der Waals surface area contributed by atoms with Crippen LogP contribution in [0.5, 0.6) is 0 Å². The summed E-state index contributed by atoms with van der Waals surface area (Å²) in [5, 5.41) is 5.08. The largest absolute Gasteiger partial charge is 0.346 e. The summed E-state index contributed by atoms with van der Waals surface area (Å²) in [5.74, 6) is 0. The Kier molecular flexibility index (Phi) is 2.36. The molecule has 96 valence electrons. The zero-order chi connectivity index (χ0) is 13.1. The van der Waals surface area contributed by atoms with E-state index in [1.165, 1.54) is 27.7 Å². The summed E-state index contributed by atoms with van der Waals surface area (Å²) in [5.41, 5.74) is 7.42. The highest BCUT2D eigenvalue weighted by Gasteiger charge is 2.29. The number of hydrogen-bond acceptors (Lipinski definition) is 1. The summed E-state index contributed by atoms with van der Waals surface area (Å²) < 4.78 is 2.38. The third-order valence-corrected chi connectivity index (χ3v) is 4.47. The van der Waals surface area contributed by atoms with Gasteiger partial charge in [-0.2, -0.15) is 0 Å². The van der Waals surface area contributed by atoms with Gasteiger partial charge in [0.15, 0.2) is 0 Å². The zero-order valence-electron chi connectivity index (χ0n) is 12.0. The van der Waals surface area contributed by atoms with Crippen LogP contribution in [-0.2, 0) is 20.0 Å². The summed E-state index contributed by atoms with van der Waals surface area (Å²) in [7, 11) is 2.20. The van der Waals surface area contributed by atoms with Gasteiger partial charge in [0.05, 0.1) is 5.52 Å². The second kappa shape index (κ2) is 3.61. The molecule has 2 aromatic rings. The lowest BCUT2D eigenvalue weighted by Gasteiger charge is -2.31. The molecule has 0 amide bonds. The lowest BCUT2D eigenvalue weighted by Crippen LogP contribution is -2.44. The number of fused-ring (bicyclic) bond motifs is 3. The van der Waals surface area contributed by atoms with Crippen LogP contribution >= 0.6 is 0 Å². The number of nitrogens with one attached hydrogen (secondary N) is 1. The molecule has 1 N–H and O–H groups in total. The quantitative estimate of drug-likeness (QED) is 0.750. The van der Waals surface area contributed by atoms with Crippen LogP contribution in [0.15, 0.2) is 12.1 Å². The van der Waals surface area contributed by atoms with Crippen LogP contribution in [0.25, 0.3) is 10.9 Å². The second-order valence-electron chi connectivity index (χ2n) is 6.30. The van der Waals surface area contributed by atoms with E-state index in [1.807, 2.05) is 0 Å². The minimum atomic E-state index is 0.208. The Bertz CT molecular complexity index is 632. The van der Waals surface area contributed by atoms with Gasteiger partial charge in [0.2, 0.25) is 0 Å². The van der Waals surface area contributed by atoms with E-state index in [0.717, 1.165) is 13.0 Å². The Morgan fingerprint density at radius 2 is 1.94 bits per heavy atom. The van der Waals surface area contributed by atoms with Crippen molar-refractivity contribution in [2.75, 3.05) is 0 Å². The maximum Gasteiger partial charge on any atom is 0.0515 e. The summed E-state index contributed by atoms with van der Waals surface area (Å²) in [6.07, 6.45) is 1.11. The highest BCUT2D eigenvalue weighted by atomic mass is 15.0. The summed E-state index contributed by atoms with van der Waals surface area (Å²) >= 11 is 0. The molecule has 0 saturated heterocycles. The topological polar surface area (TPSA) is 17.0 Å². The van der Waals surface area contributed by atoms with E-state index >= 15 is 0 Å². The third-order valence-electron chi connectivity index (χ3n) is 4.47. The number of nitrogens with zero attached hydrogens (tertiary/aromatic N) is 1. The fourth-order valence-electron chi connectivity index (χ4n) is 3.22. The van der Waals surface area contributed by atoms with Crippen LogP contribution in [0.4, 0.5) is 0 Å². The third kappa shape index (κ3) is 1.52. The van der Waals surface area contributed by atoms with E-state index in [9.17, 15) is 0 Å². The fourth-order valence-corrected chi connectivity index (χ4v) is 3.22. The molecule has 0 atom stereocenters. The van der Waals surface area contributed by atoms with Gasteiger partial charge in [-0.3, -0.25) is 0 Å². The zero-order valence-corrected chi connectivity index (χ0v) is 12.0. The van der Waals surface area contributed by atoms with Gasteiger partial charge >= 0.3 is 0 Å². The molecule has 2 heterocycles. The number of aromatic nitrogens is 1. The van der Waals surface area contributed by atoms with Crippen molar-refractivity contribution in [1.82, 2.24) is 9.88 Å². The van der Waals surface area contributed by atoms with Crippen LogP contribution in [0, 0.1) is 13.8 Å². The molecule has 2 heteroatoms. The van der Waals surface area contributed by atoms with Crippen molar-refractivity contribution in [3.8, 4) is 0 Å². The summed E-state index contributed by atoms with van der Waals surface area (Å²) in [6, 6.07) is 4.56. The van der Waals surface area contributed by atoms with Crippen molar-refractivity contribution in [2.45, 2.75) is 46.2 Å². The van der Waals surface area contributed by atoms with Gasteiger partial charge in [-0.25, -0.2) is 0 Å². The molecule has 2 nitrogen and oxygen atoms in total. The Labute approximate surface area is 109 Å². The highest BCUT2D eigenvalue weighted by molar-refractivity contribution is 5.89. The van der Waals surface area contributed by atoms with Crippen molar-refractivity contribution in [3.63, 3.8) is 0 Å². The first-order valence-corrected chi connectivity index (χ1v) is 6.72. The second-order valence-corrected chi connectivity index (χ2v) is 6.30. The molecule has 0 fully saturated rings. The van der Waals surface area contributed by atoms with Crippen molar-refractivity contribution in [2.24, 2.45) is 7.05 Å². The molecule has 1 aromatic heterocycles. The molecule has 0 bridgehead atoms. The molecule has 1 aliphatic heterocycles. The average molecular weight is 242 g/mol. The van der Waals surface area contributed by atoms with Gasteiger partial charge in [0.25, 0.3) is 0 Å². The first-order chi connectivity index (χ1) is 8.41. The highest BCUT2D eigenvalue weighted by Crippen LogP contribution is 2.34. The van der Waals surface area contributed by atoms with Crippen LogP contribution < -0.4 is 5.32 Å². The predicted octanol–water partition coefficient (Wildman–Crippen LogP) is 3.22. The minimum absolute atomic E-state index is 0.208. The van der Waals surface area contributed by atoms with Crippen molar-refractivity contribution in [3.05, 3.63) is 34.5 Å². The van der Waals surface area contributed by atoms with Crippen LogP contribution in [-0.4, -0.2) is 10.1 Å². The van der Waals surface area contributed by atoms with Crippen molar-refractivity contribution < 1.29 is 0 Å². The minimum Gasteiger partial charge on any atom is -0.346 e. The van der Waals surface area contributed by atoms with Crippen molar-refractivity contribution in [1.29, 1.82) is 0 Å². The Hall–Kier alpha value is -1.28.